The van der Waals surface area contributed by atoms with Crippen LogP contribution in [0.3, 0.4) is 0 Å². The van der Waals surface area contributed by atoms with Crippen LogP contribution < -0.4 is 5.73 Å². The molecule has 1 aromatic rings. The summed E-state index contributed by atoms with van der Waals surface area (Å²) in [7, 11) is 1.49. The van der Waals surface area contributed by atoms with Crippen LogP contribution in [0.4, 0.5) is 13.2 Å². The average Bonchev–Trinajstić information content (AvgIpc) is 2.28. The zero-order chi connectivity index (χ0) is 14.7. The van der Waals surface area contributed by atoms with E-state index >= 15 is 0 Å². The topological polar surface area (TPSA) is 29.3 Å². The number of nitrogens with zero attached hydrogens (tertiary/aromatic N) is 1. The Morgan fingerprint density at radius 3 is 2.11 bits per heavy atom. The van der Waals surface area contributed by atoms with E-state index in [0.29, 0.717) is 6.54 Å². The van der Waals surface area contributed by atoms with Gasteiger partial charge in [-0.05, 0) is 24.6 Å². The highest BCUT2D eigenvalue weighted by Gasteiger charge is 2.44. The lowest BCUT2D eigenvalue weighted by atomic mass is 9.92. The van der Waals surface area contributed by atoms with Crippen molar-refractivity contribution in [2.45, 2.75) is 26.1 Å². The second-order valence-electron chi connectivity index (χ2n) is 5.64. The fourth-order valence-electron chi connectivity index (χ4n) is 2.16. The van der Waals surface area contributed by atoms with Crippen molar-refractivity contribution in [3.8, 4) is 0 Å². The second kappa shape index (κ2) is 5.92. The quantitative estimate of drug-likeness (QED) is 0.893. The molecular weight excluding hydrogens is 253 g/mol. The summed E-state index contributed by atoms with van der Waals surface area (Å²) in [6, 6.07) is 6.36. The average molecular weight is 274 g/mol. The maximum atomic E-state index is 13.3. The van der Waals surface area contributed by atoms with Crippen LogP contribution >= 0.6 is 0 Å². The first-order valence-corrected chi connectivity index (χ1v) is 6.19. The van der Waals surface area contributed by atoms with Crippen LogP contribution in [0.5, 0.6) is 0 Å². The summed E-state index contributed by atoms with van der Waals surface area (Å²) in [4.78, 5) is 1.32. The van der Waals surface area contributed by atoms with Gasteiger partial charge in [0.25, 0.3) is 0 Å². The summed E-state index contributed by atoms with van der Waals surface area (Å²) in [5.74, 6) is 0. The van der Waals surface area contributed by atoms with Gasteiger partial charge in [0.15, 0.2) is 0 Å². The lowest BCUT2D eigenvalue weighted by molar-refractivity contribution is -0.185. The van der Waals surface area contributed by atoms with Crippen LogP contribution in [-0.2, 0) is 0 Å². The molecule has 0 amide bonds. The number of nitrogens with two attached hydrogens (primary N) is 1. The third-order valence-corrected chi connectivity index (χ3v) is 3.10. The summed E-state index contributed by atoms with van der Waals surface area (Å²) < 4.78 is 39.8. The third-order valence-electron chi connectivity index (χ3n) is 3.10. The zero-order valence-corrected chi connectivity index (χ0v) is 11.5. The van der Waals surface area contributed by atoms with E-state index in [4.69, 9.17) is 5.73 Å². The molecule has 0 aliphatic heterocycles. The van der Waals surface area contributed by atoms with E-state index in [1.807, 2.05) is 13.8 Å². The number of rotatable bonds is 5. The normalized spacial score (nSPS) is 14.7. The van der Waals surface area contributed by atoms with Crippen molar-refractivity contribution >= 4 is 0 Å². The van der Waals surface area contributed by atoms with E-state index in [1.165, 1.54) is 24.1 Å². The van der Waals surface area contributed by atoms with E-state index in [-0.39, 0.29) is 17.5 Å². The van der Waals surface area contributed by atoms with Gasteiger partial charge in [-0.25, -0.2) is 0 Å². The van der Waals surface area contributed by atoms with Crippen LogP contribution in [-0.4, -0.2) is 31.2 Å². The lowest BCUT2D eigenvalue weighted by Gasteiger charge is -2.35. The fraction of sp³-hybridized carbons (Fsp3) is 0.571. The molecule has 1 atom stereocenters. The monoisotopic (exact) mass is 274 g/mol. The van der Waals surface area contributed by atoms with Crippen LogP contribution in [0.2, 0.25) is 0 Å². The van der Waals surface area contributed by atoms with Gasteiger partial charge < -0.3 is 5.73 Å². The summed E-state index contributed by atoms with van der Waals surface area (Å²) in [6.45, 7) is 4.35. The molecule has 0 heterocycles. The van der Waals surface area contributed by atoms with Gasteiger partial charge in [-0.15, -0.1) is 0 Å². The standard InChI is InChI=1S/C14H21F3N2/c1-13(2,9-18)10-19(3)12(14(15,16)17)11-7-5-4-6-8-11/h4-8,12H,9-10,18H2,1-3H3. The van der Waals surface area contributed by atoms with Gasteiger partial charge >= 0.3 is 6.18 Å². The SMILES string of the molecule is CN(CC(C)(C)CN)C(c1ccccc1)C(F)(F)F. The summed E-state index contributed by atoms with van der Waals surface area (Å²) in [5.41, 5.74) is 5.50. The van der Waals surface area contributed by atoms with Gasteiger partial charge in [-0.3, -0.25) is 4.90 Å². The van der Waals surface area contributed by atoms with Crippen molar-refractivity contribution in [2.75, 3.05) is 20.1 Å². The van der Waals surface area contributed by atoms with Crippen LogP contribution in [0, 0.1) is 5.41 Å². The fourth-order valence-corrected chi connectivity index (χ4v) is 2.16. The highest BCUT2D eigenvalue weighted by atomic mass is 19.4. The van der Waals surface area contributed by atoms with Crippen molar-refractivity contribution in [2.24, 2.45) is 11.1 Å². The molecule has 1 rings (SSSR count). The minimum Gasteiger partial charge on any atom is -0.330 e. The molecule has 0 aliphatic carbocycles. The van der Waals surface area contributed by atoms with Crippen molar-refractivity contribution in [3.05, 3.63) is 35.9 Å². The Hall–Kier alpha value is -1.07. The summed E-state index contributed by atoms with van der Waals surface area (Å²) in [6.07, 6.45) is -4.30. The number of halogens is 3. The molecule has 5 heteroatoms. The largest absolute Gasteiger partial charge is 0.408 e. The molecule has 0 aliphatic rings. The second-order valence-corrected chi connectivity index (χ2v) is 5.64. The highest BCUT2D eigenvalue weighted by molar-refractivity contribution is 5.20. The van der Waals surface area contributed by atoms with Gasteiger partial charge in [-0.2, -0.15) is 13.2 Å². The minimum atomic E-state index is -4.30. The molecule has 0 saturated carbocycles. The minimum absolute atomic E-state index is 0.255. The molecule has 0 spiro atoms. The molecule has 0 fully saturated rings. The molecule has 108 valence electrons. The molecule has 0 bridgehead atoms. The molecule has 2 nitrogen and oxygen atoms in total. The molecule has 0 radical (unpaired) electrons. The maximum absolute atomic E-state index is 13.3. The first kappa shape index (κ1) is 16.0. The van der Waals surface area contributed by atoms with Gasteiger partial charge in [0.05, 0.1) is 0 Å². The van der Waals surface area contributed by atoms with E-state index in [1.54, 1.807) is 18.2 Å². The maximum Gasteiger partial charge on any atom is 0.408 e. The predicted molar refractivity (Wildman–Crippen MR) is 70.7 cm³/mol. The first-order valence-electron chi connectivity index (χ1n) is 6.19. The summed E-state index contributed by atoms with van der Waals surface area (Å²) >= 11 is 0. The van der Waals surface area contributed by atoms with Crippen molar-refractivity contribution in [1.82, 2.24) is 4.90 Å². The number of alkyl halides is 3. The van der Waals surface area contributed by atoms with E-state index in [9.17, 15) is 13.2 Å². The van der Waals surface area contributed by atoms with Crippen molar-refractivity contribution in [1.29, 1.82) is 0 Å². The van der Waals surface area contributed by atoms with E-state index < -0.39 is 12.2 Å². The Morgan fingerprint density at radius 1 is 1.16 bits per heavy atom. The van der Waals surface area contributed by atoms with Gasteiger partial charge in [0.2, 0.25) is 0 Å². The van der Waals surface area contributed by atoms with Gasteiger partial charge in [0, 0.05) is 6.54 Å². The van der Waals surface area contributed by atoms with Crippen LogP contribution in [0.25, 0.3) is 0 Å². The Balaban J connectivity index is 3.00. The number of benzene rings is 1. The molecule has 19 heavy (non-hydrogen) atoms. The predicted octanol–water partition coefficient (Wildman–Crippen LogP) is 3.21. The van der Waals surface area contributed by atoms with Crippen molar-refractivity contribution in [3.63, 3.8) is 0 Å². The number of hydrogen-bond donors (Lipinski definition) is 1. The smallest absolute Gasteiger partial charge is 0.330 e. The third kappa shape index (κ3) is 4.51. The lowest BCUT2D eigenvalue weighted by Crippen LogP contribution is -2.43. The molecule has 2 N–H and O–H groups in total. The van der Waals surface area contributed by atoms with Crippen molar-refractivity contribution < 1.29 is 13.2 Å². The molecular formula is C14H21F3N2. The first-order chi connectivity index (χ1) is 8.67. The molecule has 0 aromatic heterocycles. The van der Waals surface area contributed by atoms with Gasteiger partial charge in [-0.1, -0.05) is 44.2 Å². The Labute approximate surface area is 112 Å². The zero-order valence-electron chi connectivity index (χ0n) is 11.5. The van der Waals surface area contributed by atoms with E-state index in [0.717, 1.165) is 0 Å². The van der Waals surface area contributed by atoms with Crippen LogP contribution in [0.15, 0.2) is 30.3 Å². The molecule has 1 unspecified atom stereocenters. The highest BCUT2D eigenvalue weighted by Crippen LogP contribution is 2.37. The molecule has 0 saturated heterocycles. The number of hydrogen-bond acceptors (Lipinski definition) is 2. The Kier molecular flexibility index (Phi) is 4.98. The van der Waals surface area contributed by atoms with Crippen LogP contribution in [0.1, 0.15) is 25.5 Å². The molecule has 1 aromatic carbocycles. The van der Waals surface area contributed by atoms with E-state index in [2.05, 4.69) is 0 Å². The Morgan fingerprint density at radius 2 is 1.68 bits per heavy atom. The van der Waals surface area contributed by atoms with Gasteiger partial charge in [0.1, 0.15) is 6.04 Å². The Bertz CT molecular complexity index is 387. The summed E-state index contributed by atoms with van der Waals surface area (Å²) in [5, 5.41) is 0.